The first-order chi connectivity index (χ1) is 12.7. The lowest BCUT2D eigenvalue weighted by molar-refractivity contribution is 0.102. The van der Waals surface area contributed by atoms with E-state index in [0.717, 1.165) is 31.5 Å². The summed E-state index contributed by atoms with van der Waals surface area (Å²) in [7, 11) is 0. The highest BCUT2D eigenvalue weighted by atomic mass is 32.1. The lowest BCUT2D eigenvalue weighted by Gasteiger charge is -2.06. The first-order valence-corrected chi connectivity index (χ1v) is 9.92. The van der Waals surface area contributed by atoms with Gasteiger partial charge in [0.15, 0.2) is 0 Å². The van der Waals surface area contributed by atoms with Crippen LogP contribution in [0.5, 0.6) is 5.75 Å². The molecule has 0 bridgehead atoms. The van der Waals surface area contributed by atoms with Gasteiger partial charge in [-0.1, -0.05) is 12.1 Å². The number of hydrogen-bond donors (Lipinski definition) is 1. The summed E-state index contributed by atoms with van der Waals surface area (Å²) in [5, 5.41) is 6.69. The monoisotopic (exact) mass is 380 g/mol. The highest BCUT2D eigenvalue weighted by Gasteiger charge is 2.15. The van der Waals surface area contributed by atoms with E-state index in [1.165, 1.54) is 11.3 Å². The zero-order chi connectivity index (χ0) is 17.9. The molecule has 2 aromatic heterocycles. The van der Waals surface area contributed by atoms with Crippen LogP contribution in [-0.2, 0) is 0 Å². The molecule has 0 saturated heterocycles. The van der Waals surface area contributed by atoms with Gasteiger partial charge in [-0.25, -0.2) is 4.98 Å². The number of carbonyl (C=O) groups excluding carboxylic acids is 1. The standard InChI is InChI=1S/C20H16N2O2S2/c1-2-24-14-9-7-13(8-10-14)18(23)22-19-15(11-12-25-19)20-21-16-5-3-4-6-17(16)26-20/h3-12H,2H2,1H3,(H,22,23). The van der Waals surface area contributed by atoms with Gasteiger partial charge in [0, 0.05) is 11.1 Å². The van der Waals surface area contributed by atoms with E-state index in [1.807, 2.05) is 36.6 Å². The van der Waals surface area contributed by atoms with Crippen LogP contribution in [0.25, 0.3) is 20.8 Å². The van der Waals surface area contributed by atoms with Gasteiger partial charge in [0.25, 0.3) is 5.91 Å². The molecule has 0 saturated carbocycles. The highest BCUT2D eigenvalue weighted by Crippen LogP contribution is 2.37. The van der Waals surface area contributed by atoms with Crippen molar-refractivity contribution in [2.75, 3.05) is 11.9 Å². The molecule has 0 aliphatic rings. The van der Waals surface area contributed by atoms with E-state index in [2.05, 4.69) is 16.4 Å². The molecule has 0 radical (unpaired) electrons. The zero-order valence-corrected chi connectivity index (χ0v) is 15.7. The van der Waals surface area contributed by atoms with Crippen LogP contribution in [0.15, 0.2) is 60.0 Å². The predicted octanol–water partition coefficient (Wildman–Crippen LogP) is 5.68. The van der Waals surface area contributed by atoms with Crippen LogP contribution in [-0.4, -0.2) is 17.5 Å². The number of nitrogens with one attached hydrogen (secondary N) is 1. The molecule has 0 unspecified atom stereocenters. The van der Waals surface area contributed by atoms with E-state index in [-0.39, 0.29) is 5.91 Å². The van der Waals surface area contributed by atoms with Gasteiger partial charge in [-0.05, 0) is 54.8 Å². The molecule has 130 valence electrons. The molecular formula is C20H16N2O2S2. The molecule has 4 aromatic rings. The van der Waals surface area contributed by atoms with Gasteiger partial charge in [-0.15, -0.1) is 22.7 Å². The van der Waals surface area contributed by atoms with E-state index in [0.29, 0.717) is 12.2 Å². The Morgan fingerprint density at radius 2 is 1.92 bits per heavy atom. The fourth-order valence-corrected chi connectivity index (χ4v) is 4.45. The number of thiophene rings is 1. The molecule has 4 nitrogen and oxygen atoms in total. The average molecular weight is 380 g/mol. The maximum absolute atomic E-state index is 12.6. The molecule has 0 spiro atoms. The number of ether oxygens (including phenoxy) is 1. The molecule has 0 atom stereocenters. The molecule has 1 N–H and O–H groups in total. The minimum absolute atomic E-state index is 0.141. The Labute approximate surface area is 159 Å². The van der Waals surface area contributed by atoms with Crippen molar-refractivity contribution in [3.63, 3.8) is 0 Å². The number of amides is 1. The first-order valence-electron chi connectivity index (χ1n) is 8.22. The number of aromatic nitrogens is 1. The van der Waals surface area contributed by atoms with Crippen molar-refractivity contribution in [1.29, 1.82) is 0 Å². The normalized spacial score (nSPS) is 10.8. The summed E-state index contributed by atoms with van der Waals surface area (Å²) >= 11 is 3.13. The Bertz CT molecular complexity index is 1020. The number of benzene rings is 2. The summed E-state index contributed by atoms with van der Waals surface area (Å²) in [6.07, 6.45) is 0. The van der Waals surface area contributed by atoms with E-state index in [4.69, 9.17) is 4.74 Å². The van der Waals surface area contributed by atoms with Gasteiger partial charge >= 0.3 is 0 Å². The summed E-state index contributed by atoms with van der Waals surface area (Å²) < 4.78 is 6.55. The van der Waals surface area contributed by atoms with E-state index in [9.17, 15) is 4.79 Å². The van der Waals surface area contributed by atoms with E-state index >= 15 is 0 Å². The lowest BCUT2D eigenvalue weighted by Crippen LogP contribution is -2.11. The topological polar surface area (TPSA) is 51.2 Å². The first kappa shape index (κ1) is 16.8. The van der Waals surface area contributed by atoms with Gasteiger partial charge < -0.3 is 10.1 Å². The minimum Gasteiger partial charge on any atom is -0.494 e. The number of fused-ring (bicyclic) bond motifs is 1. The van der Waals surface area contributed by atoms with Crippen LogP contribution < -0.4 is 10.1 Å². The molecule has 2 heterocycles. The summed E-state index contributed by atoms with van der Waals surface area (Å²) in [5.74, 6) is 0.619. The van der Waals surface area contributed by atoms with Crippen LogP contribution in [0, 0.1) is 0 Å². The molecule has 1 amide bonds. The molecule has 0 aliphatic heterocycles. The third kappa shape index (κ3) is 3.34. The maximum Gasteiger partial charge on any atom is 0.256 e. The Kier molecular flexibility index (Phi) is 4.69. The van der Waals surface area contributed by atoms with E-state index in [1.54, 1.807) is 35.6 Å². The average Bonchev–Trinajstić information content (AvgIpc) is 3.28. The number of rotatable bonds is 5. The number of para-hydroxylation sites is 1. The number of anilines is 1. The lowest BCUT2D eigenvalue weighted by atomic mass is 10.2. The van der Waals surface area contributed by atoms with Crippen LogP contribution in [0.1, 0.15) is 17.3 Å². The molecule has 26 heavy (non-hydrogen) atoms. The fraction of sp³-hybridized carbons (Fsp3) is 0.100. The Morgan fingerprint density at radius 1 is 1.12 bits per heavy atom. The number of hydrogen-bond acceptors (Lipinski definition) is 5. The van der Waals surface area contributed by atoms with Crippen molar-refractivity contribution in [2.45, 2.75) is 6.92 Å². The number of nitrogens with zero attached hydrogens (tertiary/aromatic N) is 1. The van der Waals surface area contributed by atoms with Crippen molar-refractivity contribution in [2.24, 2.45) is 0 Å². The fourth-order valence-electron chi connectivity index (χ4n) is 2.61. The van der Waals surface area contributed by atoms with Crippen molar-refractivity contribution in [3.8, 4) is 16.3 Å². The zero-order valence-electron chi connectivity index (χ0n) is 14.1. The third-order valence-electron chi connectivity index (χ3n) is 3.84. The Hall–Kier alpha value is -2.70. The van der Waals surface area contributed by atoms with Crippen molar-refractivity contribution >= 4 is 43.8 Å². The smallest absolute Gasteiger partial charge is 0.256 e. The number of carbonyl (C=O) groups is 1. The Balaban J connectivity index is 1.57. The van der Waals surface area contributed by atoms with Gasteiger partial charge in [0.1, 0.15) is 15.8 Å². The quantitative estimate of drug-likeness (QED) is 0.485. The molecule has 0 aliphatic carbocycles. The molecule has 6 heteroatoms. The van der Waals surface area contributed by atoms with Gasteiger partial charge in [-0.2, -0.15) is 0 Å². The van der Waals surface area contributed by atoms with Gasteiger partial charge in [0.05, 0.1) is 16.8 Å². The summed E-state index contributed by atoms with van der Waals surface area (Å²) in [6.45, 7) is 2.53. The van der Waals surface area contributed by atoms with Crippen molar-refractivity contribution in [3.05, 3.63) is 65.5 Å². The third-order valence-corrected chi connectivity index (χ3v) is 5.74. The molecular weight excluding hydrogens is 364 g/mol. The van der Waals surface area contributed by atoms with Crippen LogP contribution in [0.3, 0.4) is 0 Å². The second kappa shape index (κ2) is 7.27. The summed E-state index contributed by atoms with van der Waals surface area (Å²) in [6, 6.07) is 17.2. The molecule has 0 fully saturated rings. The second-order valence-electron chi connectivity index (χ2n) is 5.56. The highest BCUT2D eigenvalue weighted by molar-refractivity contribution is 7.22. The second-order valence-corrected chi connectivity index (χ2v) is 7.51. The maximum atomic E-state index is 12.6. The minimum atomic E-state index is -0.141. The van der Waals surface area contributed by atoms with Gasteiger partial charge in [0.2, 0.25) is 0 Å². The van der Waals surface area contributed by atoms with Crippen LogP contribution in [0.4, 0.5) is 5.00 Å². The number of thiazole rings is 1. The SMILES string of the molecule is CCOc1ccc(C(=O)Nc2sccc2-c2nc3ccccc3s2)cc1. The van der Waals surface area contributed by atoms with Crippen LogP contribution in [0.2, 0.25) is 0 Å². The summed E-state index contributed by atoms with van der Waals surface area (Å²) in [5.41, 5.74) is 2.52. The predicted molar refractivity (Wildman–Crippen MR) is 108 cm³/mol. The van der Waals surface area contributed by atoms with Gasteiger partial charge in [-0.3, -0.25) is 4.79 Å². The Morgan fingerprint density at radius 3 is 2.69 bits per heavy atom. The summed E-state index contributed by atoms with van der Waals surface area (Å²) in [4.78, 5) is 17.3. The van der Waals surface area contributed by atoms with Crippen molar-refractivity contribution < 1.29 is 9.53 Å². The largest absolute Gasteiger partial charge is 0.494 e. The molecule has 4 rings (SSSR count). The van der Waals surface area contributed by atoms with E-state index < -0.39 is 0 Å². The van der Waals surface area contributed by atoms with Crippen molar-refractivity contribution in [1.82, 2.24) is 4.98 Å². The van der Waals surface area contributed by atoms with Crippen LogP contribution >= 0.6 is 22.7 Å². The molecule has 2 aromatic carbocycles.